The molecule has 0 saturated carbocycles. The van der Waals surface area contributed by atoms with Crippen molar-refractivity contribution in [3.05, 3.63) is 0 Å². The van der Waals surface area contributed by atoms with Crippen molar-refractivity contribution in [3.8, 4) is 0 Å². The third-order valence-electron chi connectivity index (χ3n) is 2.33. The topological polar surface area (TPSA) is 0 Å². The molecule has 0 aliphatic rings. The molecule has 2 unspecified atom stereocenters. The summed E-state index contributed by atoms with van der Waals surface area (Å²) >= 11 is 23.6. The third kappa shape index (κ3) is 13.8. The molecule has 0 aliphatic carbocycles. The highest BCUT2D eigenvalue weighted by molar-refractivity contribution is 8.05. The molecule has 0 spiro atoms. The van der Waals surface area contributed by atoms with Crippen molar-refractivity contribution in [1.82, 2.24) is 0 Å². The van der Waals surface area contributed by atoms with Gasteiger partial charge in [-0.2, -0.15) is 85.8 Å². The average Bonchev–Trinajstić information content (AvgIpc) is 2.44. The van der Waals surface area contributed by atoms with Gasteiger partial charge in [0.1, 0.15) is 0 Å². The van der Waals surface area contributed by atoms with Gasteiger partial charge in [-0.1, -0.05) is 0 Å². The van der Waals surface area contributed by atoms with Crippen LogP contribution in [0.1, 0.15) is 12.8 Å². The van der Waals surface area contributed by atoms with E-state index in [9.17, 15) is 0 Å². The highest BCUT2D eigenvalue weighted by Crippen LogP contribution is 2.24. The number of hydrogen-bond acceptors (Lipinski definition) is 7. The Morgan fingerprint density at radius 3 is 1.84 bits per heavy atom. The lowest BCUT2D eigenvalue weighted by molar-refractivity contribution is 1.08. The van der Waals surface area contributed by atoms with Gasteiger partial charge in [0.2, 0.25) is 0 Å². The van der Waals surface area contributed by atoms with Gasteiger partial charge in [0.05, 0.1) is 0 Å². The van der Waals surface area contributed by atoms with E-state index in [0.29, 0.717) is 10.5 Å². The van der Waals surface area contributed by atoms with Crippen molar-refractivity contribution in [2.24, 2.45) is 0 Å². The molecule has 7 heteroatoms. The second-order valence-corrected chi connectivity index (χ2v) is 9.56. The Balaban J connectivity index is 3.70. The first-order valence-electron chi connectivity index (χ1n) is 6.52. The summed E-state index contributed by atoms with van der Waals surface area (Å²) in [6.07, 6.45) is 2.40. The standard InChI is InChI=1S/C12H26S7/c13-3-1-5-17-9-11(7-15)19-10-12(8-16)18-6-2-4-14/h11-16H,1-10H2. The molecule has 0 saturated heterocycles. The van der Waals surface area contributed by atoms with Gasteiger partial charge in [-0.05, 0) is 35.9 Å². The van der Waals surface area contributed by atoms with E-state index in [1.165, 1.54) is 35.9 Å². The maximum atomic E-state index is 4.47. The van der Waals surface area contributed by atoms with E-state index in [0.717, 1.165) is 23.0 Å². The first kappa shape index (κ1) is 21.4. The lowest BCUT2D eigenvalue weighted by Gasteiger charge is -2.18. The fraction of sp³-hybridized carbons (Fsp3) is 1.00. The second-order valence-electron chi connectivity index (χ2n) is 4.04. The fourth-order valence-corrected chi connectivity index (χ4v) is 6.88. The molecule has 0 radical (unpaired) electrons. The maximum absolute atomic E-state index is 4.47. The summed E-state index contributed by atoms with van der Waals surface area (Å²) in [6.45, 7) is 0. The maximum Gasteiger partial charge on any atom is 0.0226 e. The third-order valence-corrected chi connectivity index (χ3v) is 8.71. The normalized spacial score (nSPS) is 14.5. The predicted molar refractivity (Wildman–Crippen MR) is 114 cm³/mol. The Labute approximate surface area is 154 Å². The van der Waals surface area contributed by atoms with Crippen molar-refractivity contribution >= 4 is 85.8 Å². The molecule has 0 bridgehead atoms. The first-order valence-corrected chi connectivity index (χ1v) is 12.3. The predicted octanol–water partition coefficient (Wildman–Crippen LogP) is 4.42. The van der Waals surface area contributed by atoms with Gasteiger partial charge in [0, 0.05) is 33.5 Å². The van der Waals surface area contributed by atoms with Gasteiger partial charge in [0.25, 0.3) is 0 Å². The number of thiol groups is 4. The minimum atomic E-state index is 0.665. The fourth-order valence-electron chi connectivity index (χ4n) is 1.25. The number of hydrogen-bond donors (Lipinski definition) is 4. The van der Waals surface area contributed by atoms with Crippen LogP contribution in [0.3, 0.4) is 0 Å². The Hall–Kier alpha value is 2.45. The molecule has 0 aromatic rings. The van der Waals surface area contributed by atoms with Crippen molar-refractivity contribution < 1.29 is 0 Å². The minimum absolute atomic E-state index is 0.665. The van der Waals surface area contributed by atoms with Gasteiger partial charge < -0.3 is 0 Å². The van der Waals surface area contributed by atoms with Crippen LogP contribution in [0.4, 0.5) is 0 Å². The van der Waals surface area contributed by atoms with E-state index < -0.39 is 0 Å². The van der Waals surface area contributed by atoms with Crippen LogP contribution in [0, 0.1) is 0 Å². The Kier molecular flexibility index (Phi) is 19.0. The summed E-state index contributed by atoms with van der Waals surface area (Å²) < 4.78 is 0. The molecule has 0 rings (SSSR count). The molecule has 2 atom stereocenters. The van der Waals surface area contributed by atoms with Crippen molar-refractivity contribution in [2.75, 3.05) is 46.0 Å². The van der Waals surface area contributed by atoms with E-state index in [2.05, 4.69) is 62.3 Å². The van der Waals surface area contributed by atoms with Crippen LogP contribution in [0.2, 0.25) is 0 Å². The molecule has 0 heterocycles. The quantitative estimate of drug-likeness (QED) is 0.254. The van der Waals surface area contributed by atoms with Crippen molar-refractivity contribution in [3.63, 3.8) is 0 Å². The van der Waals surface area contributed by atoms with Gasteiger partial charge in [-0.3, -0.25) is 0 Å². The summed E-state index contributed by atoms with van der Waals surface area (Å²) in [5.41, 5.74) is 0. The summed E-state index contributed by atoms with van der Waals surface area (Å²) in [7, 11) is 0. The molecule has 0 aromatic carbocycles. The number of thioether (sulfide) groups is 3. The van der Waals surface area contributed by atoms with Gasteiger partial charge in [-0.25, -0.2) is 0 Å². The molecule has 116 valence electrons. The van der Waals surface area contributed by atoms with Crippen LogP contribution in [-0.4, -0.2) is 56.5 Å². The average molecular weight is 395 g/mol. The van der Waals surface area contributed by atoms with Crippen LogP contribution in [0.5, 0.6) is 0 Å². The zero-order valence-electron chi connectivity index (χ0n) is 11.2. The molecule has 0 N–H and O–H groups in total. The lowest BCUT2D eigenvalue weighted by Crippen LogP contribution is -2.16. The minimum Gasteiger partial charge on any atom is -0.179 e. The monoisotopic (exact) mass is 394 g/mol. The van der Waals surface area contributed by atoms with Gasteiger partial charge in [-0.15, -0.1) is 0 Å². The molecule has 0 amide bonds. The summed E-state index contributed by atoms with van der Waals surface area (Å²) in [5.74, 6) is 8.76. The van der Waals surface area contributed by atoms with Crippen LogP contribution in [0.15, 0.2) is 0 Å². The summed E-state index contributed by atoms with van der Waals surface area (Å²) in [6, 6.07) is 0. The second kappa shape index (κ2) is 16.8. The SMILES string of the molecule is SCCCSCC(CS)SCC(CS)SCCCS. The van der Waals surface area contributed by atoms with Crippen LogP contribution in [0.25, 0.3) is 0 Å². The van der Waals surface area contributed by atoms with E-state index in [1.54, 1.807) is 0 Å². The van der Waals surface area contributed by atoms with E-state index in [-0.39, 0.29) is 0 Å². The van der Waals surface area contributed by atoms with Crippen LogP contribution >= 0.6 is 85.8 Å². The molecule has 0 aromatic heterocycles. The molecule has 0 nitrogen and oxygen atoms in total. The first-order chi connectivity index (χ1) is 9.28. The van der Waals surface area contributed by atoms with Crippen molar-refractivity contribution in [1.29, 1.82) is 0 Å². The largest absolute Gasteiger partial charge is 0.179 e. The molecule has 0 fully saturated rings. The smallest absolute Gasteiger partial charge is 0.0226 e. The molecule has 19 heavy (non-hydrogen) atoms. The van der Waals surface area contributed by atoms with Crippen LogP contribution < -0.4 is 0 Å². The Morgan fingerprint density at radius 1 is 0.684 bits per heavy atom. The van der Waals surface area contributed by atoms with E-state index in [4.69, 9.17) is 0 Å². The molecular weight excluding hydrogens is 369 g/mol. The lowest BCUT2D eigenvalue weighted by atomic mass is 10.5. The summed E-state index contributed by atoms with van der Waals surface area (Å²) in [4.78, 5) is 0. The van der Waals surface area contributed by atoms with Crippen molar-refractivity contribution in [2.45, 2.75) is 23.3 Å². The highest BCUT2D eigenvalue weighted by atomic mass is 32.2. The highest BCUT2D eigenvalue weighted by Gasteiger charge is 2.12. The zero-order chi connectivity index (χ0) is 14.3. The Bertz CT molecular complexity index is 179. The zero-order valence-corrected chi connectivity index (χ0v) is 17.3. The van der Waals surface area contributed by atoms with E-state index >= 15 is 0 Å². The molecular formula is C12H26S7. The number of rotatable bonds is 14. The molecule has 0 aliphatic heterocycles. The van der Waals surface area contributed by atoms with E-state index in [1.807, 2.05) is 23.5 Å². The van der Waals surface area contributed by atoms with Crippen LogP contribution in [-0.2, 0) is 0 Å². The summed E-state index contributed by atoms with van der Waals surface area (Å²) in [5, 5.41) is 1.33. The van der Waals surface area contributed by atoms with Gasteiger partial charge in [0.15, 0.2) is 0 Å². The van der Waals surface area contributed by atoms with Gasteiger partial charge >= 0.3 is 0 Å². The Morgan fingerprint density at radius 2 is 1.26 bits per heavy atom.